The van der Waals surface area contributed by atoms with Gasteiger partial charge in [-0.3, -0.25) is 19.6 Å². The molecule has 0 unspecified atom stereocenters. The third-order valence-corrected chi connectivity index (χ3v) is 2.97. The average molecular weight is 248 g/mol. The van der Waals surface area contributed by atoms with Gasteiger partial charge in [-0.15, -0.1) is 10.2 Å². The van der Waals surface area contributed by atoms with Crippen molar-refractivity contribution in [2.45, 2.75) is 38.5 Å². The summed E-state index contributed by atoms with van der Waals surface area (Å²) in [5, 5.41) is 6.90. The lowest BCUT2D eigenvalue weighted by atomic mass is 10.1. The van der Waals surface area contributed by atoms with Gasteiger partial charge in [-0.05, 0) is 38.5 Å². The van der Waals surface area contributed by atoms with Crippen LogP contribution < -0.4 is 0 Å². The fraction of sp³-hybridized carbons (Fsp3) is 0.667. The van der Waals surface area contributed by atoms with Gasteiger partial charge in [0.2, 0.25) is 0 Å². The summed E-state index contributed by atoms with van der Waals surface area (Å²) < 4.78 is 0. The smallest absolute Gasteiger partial charge is 0.284 e. The van der Waals surface area contributed by atoms with Gasteiger partial charge in [-0.1, -0.05) is 0 Å². The van der Waals surface area contributed by atoms with Gasteiger partial charge in [-0.2, -0.15) is 0 Å². The second kappa shape index (κ2) is 6.28. The predicted octanol–water partition coefficient (Wildman–Crippen LogP) is 1.74. The number of amides is 2. The van der Waals surface area contributed by atoms with Crippen molar-refractivity contribution in [1.82, 2.24) is 0 Å². The molecule has 0 aliphatic carbocycles. The van der Waals surface area contributed by atoms with E-state index in [-0.39, 0.29) is 0 Å². The van der Waals surface area contributed by atoms with Crippen LogP contribution in [-0.2, 0) is 9.59 Å². The number of rotatable bonds is 2. The van der Waals surface area contributed by atoms with Crippen LogP contribution in [0.25, 0.3) is 0 Å². The minimum Gasteiger partial charge on any atom is -0.284 e. The summed E-state index contributed by atoms with van der Waals surface area (Å²) in [6, 6.07) is 0. The molecule has 2 amide bonds. The second-order valence-corrected chi connectivity index (χ2v) is 4.38. The van der Waals surface area contributed by atoms with Crippen molar-refractivity contribution in [3.05, 3.63) is 0 Å². The quantitative estimate of drug-likeness (QED) is 0.697. The van der Waals surface area contributed by atoms with Crippen molar-refractivity contribution in [3.63, 3.8) is 0 Å². The Morgan fingerprint density at radius 2 is 1.22 bits per heavy atom. The van der Waals surface area contributed by atoms with E-state index >= 15 is 0 Å². The average Bonchev–Trinajstić information content (AvgIpc) is 2.46. The first-order chi connectivity index (χ1) is 8.77. The highest BCUT2D eigenvalue weighted by Crippen LogP contribution is 2.09. The third-order valence-electron chi connectivity index (χ3n) is 2.97. The first-order valence-electron chi connectivity index (χ1n) is 6.34. The first kappa shape index (κ1) is 12.7. The fourth-order valence-electron chi connectivity index (χ4n) is 1.95. The molecule has 0 atom stereocenters. The molecule has 2 aliphatic rings. The summed E-state index contributed by atoms with van der Waals surface area (Å²) >= 11 is 0. The van der Waals surface area contributed by atoms with Crippen LogP contribution in [0.2, 0.25) is 0 Å². The van der Waals surface area contributed by atoms with Crippen molar-refractivity contribution in [2.75, 3.05) is 13.1 Å². The minimum atomic E-state index is -0.487. The number of carbonyl (C=O) groups excluding carboxylic acids is 2. The number of azo groups is 1. The van der Waals surface area contributed by atoms with E-state index in [1.165, 1.54) is 0 Å². The summed E-state index contributed by atoms with van der Waals surface area (Å²) in [4.78, 5) is 31.4. The molecule has 6 nitrogen and oxygen atoms in total. The van der Waals surface area contributed by atoms with Gasteiger partial charge in [-0.25, -0.2) is 0 Å². The summed E-state index contributed by atoms with van der Waals surface area (Å²) in [7, 11) is 0. The summed E-state index contributed by atoms with van der Waals surface area (Å²) in [6.07, 6.45) is 5.16. The van der Waals surface area contributed by atoms with E-state index in [0.29, 0.717) is 37.4 Å². The first-order valence-corrected chi connectivity index (χ1v) is 6.34. The van der Waals surface area contributed by atoms with Gasteiger partial charge in [0.05, 0.1) is 0 Å². The third kappa shape index (κ3) is 3.38. The molecule has 0 fully saturated rings. The lowest BCUT2D eigenvalue weighted by Crippen LogP contribution is -2.18. The highest BCUT2D eigenvalue weighted by Gasteiger charge is 2.16. The highest BCUT2D eigenvalue weighted by molar-refractivity contribution is 6.41. The normalized spacial score (nSPS) is 20.4. The number of hydrogen-bond acceptors (Lipinski definition) is 4. The van der Waals surface area contributed by atoms with E-state index in [1.54, 1.807) is 0 Å². The Morgan fingerprint density at radius 3 is 1.56 bits per heavy atom. The molecular formula is C12H16N4O2. The summed E-state index contributed by atoms with van der Waals surface area (Å²) in [5.74, 6) is -0.973. The van der Waals surface area contributed by atoms with E-state index < -0.39 is 11.8 Å². The van der Waals surface area contributed by atoms with Crippen LogP contribution in [0.3, 0.4) is 0 Å². The Bertz CT molecular complexity index is 397. The highest BCUT2D eigenvalue weighted by atomic mass is 16.2. The molecule has 0 N–H and O–H groups in total. The number of nitrogens with zero attached hydrogens (tertiary/aromatic N) is 4. The molecule has 0 saturated carbocycles. The summed E-state index contributed by atoms with van der Waals surface area (Å²) in [6.45, 7) is 1.33. The van der Waals surface area contributed by atoms with Gasteiger partial charge in [0.15, 0.2) is 0 Å². The van der Waals surface area contributed by atoms with Crippen LogP contribution in [0, 0.1) is 0 Å². The zero-order chi connectivity index (χ0) is 12.8. The Morgan fingerprint density at radius 1 is 0.778 bits per heavy atom. The molecule has 0 bridgehead atoms. The number of hydrogen-bond donors (Lipinski definition) is 0. The topological polar surface area (TPSA) is 83.6 Å². The molecular weight excluding hydrogens is 232 g/mol. The maximum atomic E-state index is 11.6. The van der Waals surface area contributed by atoms with Gasteiger partial charge in [0, 0.05) is 13.1 Å². The van der Waals surface area contributed by atoms with Crippen LogP contribution >= 0.6 is 0 Å². The molecule has 18 heavy (non-hydrogen) atoms. The Balaban J connectivity index is 1.93. The van der Waals surface area contributed by atoms with Crippen LogP contribution in [0.15, 0.2) is 20.2 Å². The molecule has 0 aromatic carbocycles. The maximum Gasteiger partial charge on any atom is 0.309 e. The van der Waals surface area contributed by atoms with Crippen molar-refractivity contribution < 1.29 is 9.59 Å². The molecule has 0 spiro atoms. The Hall–Kier alpha value is -1.72. The van der Waals surface area contributed by atoms with E-state index in [4.69, 9.17) is 0 Å². The molecule has 0 aromatic heterocycles. The van der Waals surface area contributed by atoms with Crippen molar-refractivity contribution >= 4 is 23.2 Å². The monoisotopic (exact) mass is 248 g/mol. The van der Waals surface area contributed by atoms with E-state index in [9.17, 15) is 9.59 Å². The van der Waals surface area contributed by atoms with Crippen LogP contribution in [-0.4, -0.2) is 36.3 Å². The van der Waals surface area contributed by atoms with Gasteiger partial charge < -0.3 is 0 Å². The summed E-state index contributed by atoms with van der Waals surface area (Å²) in [5.41, 5.74) is 0.867. The molecule has 2 aliphatic heterocycles. The zero-order valence-corrected chi connectivity index (χ0v) is 10.3. The standard InChI is InChI=1S/C12H16N4O2/c17-11(9-5-1-3-7-13-9)15-16-12(18)10-6-2-4-8-14-10/h1-8H2. The van der Waals surface area contributed by atoms with E-state index in [2.05, 4.69) is 20.2 Å². The predicted molar refractivity (Wildman–Crippen MR) is 67.2 cm³/mol. The van der Waals surface area contributed by atoms with Gasteiger partial charge in [0.25, 0.3) is 0 Å². The SMILES string of the molecule is O=C(N=NC(=O)C1=NCCCC1)C1=NCCCC1. The molecule has 96 valence electrons. The molecule has 0 aromatic rings. The van der Waals surface area contributed by atoms with Crippen LogP contribution in [0.5, 0.6) is 0 Å². The van der Waals surface area contributed by atoms with E-state index in [0.717, 1.165) is 25.7 Å². The van der Waals surface area contributed by atoms with Crippen LogP contribution in [0.1, 0.15) is 38.5 Å². The number of aliphatic imine (C=N–C) groups is 2. The van der Waals surface area contributed by atoms with Gasteiger partial charge in [0.1, 0.15) is 11.4 Å². The van der Waals surface area contributed by atoms with E-state index in [1.807, 2.05) is 0 Å². The fourth-order valence-corrected chi connectivity index (χ4v) is 1.95. The van der Waals surface area contributed by atoms with Crippen molar-refractivity contribution in [1.29, 1.82) is 0 Å². The maximum absolute atomic E-state index is 11.6. The van der Waals surface area contributed by atoms with Gasteiger partial charge >= 0.3 is 11.8 Å². The number of carbonyl (C=O) groups is 2. The molecule has 0 radical (unpaired) electrons. The largest absolute Gasteiger partial charge is 0.309 e. The van der Waals surface area contributed by atoms with Crippen molar-refractivity contribution in [3.8, 4) is 0 Å². The molecule has 6 heteroatoms. The minimum absolute atomic E-state index is 0.434. The Kier molecular flexibility index (Phi) is 4.44. The lowest BCUT2D eigenvalue weighted by molar-refractivity contribution is -0.116. The van der Waals surface area contributed by atoms with Crippen molar-refractivity contribution in [2.24, 2.45) is 20.2 Å². The molecule has 2 rings (SSSR count). The lowest BCUT2D eigenvalue weighted by Gasteiger charge is -2.08. The molecule has 0 saturated heterocycles. The zero-order valence-electron chi connectivity index (χ0n) is 10.3. The van der Waals surface area contributed by atoms with Crippen LogP contribution in [0.4, 0.5) is 0 Å². The molecule has 2 heterocycles. The second-order valence-electron chi connectivity index (χ2n) is 4.38. The Labute approximate surface area is 105 Å².